The summed E-state index contributed by atoms with van der Waals surface area (Å²) >= 11 is 0. The van der Waals surface area contributed by atoms with Gasteiger partial charge in [0.1, 0.15) is 0 Å². The minimum Gasteiger partial charge on any atom is -0.488 e. The van der Waals surface area contributed by atoms with E-state index in [1.807, 2.05) is 6.92 Å². The number of aliphatic hydroxyl groups excluding tert-OH is 1. The van der Waals surface area contributed by atoms with Crippen LogP contribution in [0.5, 0.6) is 5.75 Å². The predicted octanol–water partition coefficient (Wildman–Crippen LogP) is 2.24. The van der Waals surface area contributed by atoms with Gasteiger partial charge in [0.25, 0.3) is 0 Å². The second-order valence-corrected chi connectivity index (χ2v) is 5.29. The summed E-state index contributed by atoms with van der Waals surface area (Å²) in [6.07, 6.45) is 2.70. The van der Waals surface area contributed by atoms with Crippen molar-refractivity contribution in [2.45, 2.75) is 37.8 Å². The van der Waals surface area contributed by atoms with Crippen LogP contribution >= 0.6 is 0 Å². The lowest BCUT2D eigenvalue weighted by Crippen LogP contribution is -2.48. The Kier molecular flexibility index (Phi) is 4.37. The van der Waals surface area contributed by atoms with Crippen molar-refractivity contribution >= 4 is 0 Å². The molecule has 0 radical (unpaired) electrons. The van der Waals surface area contributed by atoms with E-state index in [0.717, 1.165) is 25.0 Å². The highest BCUT2D eigenvalue weighted by molar-refractivity contribution is 5.25. The molecule has 0 saturated heterocycles. The number of ether oxygens (including phenoxy) is 1. The van der Waals surface area contributed by atoms with Crippen LogP contribution in [0.2, 0.25) is 0 Å². The van der Waals surface area contributed by atoms with Crippen LogP contribution in [0.1, 0.15) is 26.2 Å². The van der Waals surface area contributed by atoms with Gasteiger partial charge in [-0.3, -0.25) is 0 Å². The van der Waals surface area contributed by atoms with Crippen molar-refractivity contribution in [3.63, 3.8) is 0 Å². The minimum atomic E-state index is -0.708. The standard InChI is InChI=1S/C14H19F2NO2/c1-14(9-18,17-10-5-6-10)7-8-19-13-11(15)3-2-4-12(13)16/h2-4,10,17-18H,5-9H2,1H3. The maximum Gasteiger partial charge on any atom is 0.190 e. The summed E-state index contributed by atoms with van der Waals surface area (Å²) in [7, 11) is 0. The highest BCUT2D eigenvalue weighted by Gasteiger charge is 2.31. The highest BCUT2D eigenvalue weighted by atomic mass is 19.1. The molecule has 0 aliphatic heterocycles. The van der Waals surface area contributed by atoms with Gasteiger partial charge in [0.15, 0.2) is 17.4 Å². The molecule has 1 aliphatic rings. The molecule has 1 unspecified atom stereocenters. The molecular formula is C14H19F2NO2. The molecule has 1 saturated carbocycles. The first-order valence-electron chi connectivity index (χ1n) is 6.49. The molecule has 0 spiro atoms. The van der Waals surface area contributed by atoms with E-state index in [9.17, 15) is 13.9 Å². The summed E-state index contributed by atoms with van der Waals surface area (Å²) in [6, 6.07) is 4.06. The number of benzene rings is 1. The van der Waals surface area contributed by atoms with E-state index < -0.39 is 17.2 Å². The number of halogens is 2. The molecule has 1 aliphatic carbocycles. The molecule has 2 N–H and O–H groups in total. The van der Waals surface area contributed by atoms with Crippen LogP contribution in [-0.2, 0) is 0 Å². The van der Waals surface area contributed by atoms with Crippen LogP contribution in [0.4, 0.5) is 8.78 Å². The zero-order chi connectivity index (χ0) is 13.9. The van der Waals surface area contributed by atoms with Gasteiger partial charge in [-0.05, 0) is 31.9 Å². The summed E-state index contributed by atoms with van der Waals surface area (Å²) < 4.78 is 31.9. The summed E-state index contributed by atoms with van der Waals surface area (Å²) in [5, 5.41) is 12.7. The van der Waals surface area contributed by atoms with Crippen LogP contribution in [0.25, 0.3) is 0 Å². The van der Waals surface area contributed by atoms with Gasteiger partial charge in [-0.1, -0.05) is 6.07 Å². The first kappa shape index (κ1) is 14.2. The minimum absolute atomic E-state index is 0.0351. The second-order valence-electron chi connectivity index (χ2n) is 5.29. The Morgan fingerprint density at radius 1 is 1.37 bits per heavy atom. The molecule has 1 aromatic carbocycles. The summed E-state index contributed by atoms with van der Waals surface area (Å²) in [6.45, 7) is 1.99. The Morgan fingerprint density at radius 3 is 2.53 bits per heavy atom. The van der Waals surface area contributed by atoms with Crippen molar-refractivity contribution < 1.29 is 18.6 Å². The molecule has 1 aromatic rings. The van der Waals surface area contributed by atoms with E-state index in [1.165, 1.54) is 6.07 Å². The Morgan fingerprint density at radius 2 is 2.00 bits per heavy atom. The average molecular weight is 271 g/mol. The quantitative estimate of drug-likeness (QED) is 0.799. The number of hydrogen-bond acceptors (Lipinski definition) is 3. The fourth-order valence-electron chi connectivity index (χ4n) is 1.92. The molecule has 5 heteroatoms. The van der Waals surface area contributed by atoms with E-state index in [4.69, 9.17) is 4.74 Å². The van der Waals surface area contributed by atoms with Gasteiger partial charge in [0.2, 0.25) is 0 Å². The largest absolute Gasteiger partial charge is 0.488 e. The molecular weight excluding hydrogens is 252 g/mol. The third kappa shape index (κ3) is 3.88. The Balaban J connectivity index is 1.87. The van der Waals surface area contributed by atoms with E-state index in [-0.39, 0.29) is 19.0 Å². The SMILES string of the molecule is CC(CO)(CCOc1c(F)cccc1F)NC1CC1. The van der Waals surface area contributed by atoms with Gasteiger partial charge in [-0.15, -0.1) is 0 Å². The molecule has 106 valence electrons. The lowest BCUT2D eigenvalue weighted by Gasteiger charge is -2.29. The first-order chi connectivity index (χ1) is 9.04. The molecule has 1 fully saturated rings. The predicted molar refractivity (Wildman–Crippen MR) is 68.1 cm³/mol. The molecule has 0 aromatic heterocycles. The van der Waals surface area contributed by atoms with E-state index in [1.54, 1.807) is 0 Å². The van der Waals surface area contributed by atoms with Crippen LogP contribution < -0.4 is 10.1 Å². The smallest absolute Gasteiger partial charge is 0.190 e. The fraction of sp³-hybridized carbons (Fsp3) is 0.571. The van der Waals surface area contributed by atoms with Crippen LogP contribution in [0.15, 0.2) is 18.2 Å². The monoisotopic (exact) mass is 271 g/mol. The fourth-order valence-corrected chi connectivity index (χ4v) is 1.92. The maximum absolute atomic E-state index is 13.3. The number of nitrogens with one attached hydrogen (secondary N) is 1. The van der Waals surface area contributed by atoms with Gasteiger partial charge in [-0.2, -0.15) is 0 Å². The van der Waals surface area contributed by atoms with Gasteiger partial charge in [0.05, 0.1) is 13.2 Å². The van der Waals surface area contributed by atoms with E-state index in [2.05, 4.69) is 5.32 Å². The zero-order valence-electron chi connectivity index (χ0n) is 11.0. The second kappa shape index (κ2) is 5.84. The molecule has 0 bridgehead atoms. The molecule has 1 atom stereocenters. The number of para-hydroxylation sites is 1. The van der Waals surface area contributed by atoms with Crippen LogP contribution in [0.3, 0.4) is 0 Å². The van der Waals surface area contributed by atoms with Gasteiger partial charge < -0.3 is 15.2 Å². The van der Waals surface area contributed by atoms with Gasteiger partial charge in [0, 0.05) is 18.0 Å². The molecule has 0 heterocycles. The molecule has 3 nitrogen and oxygen atoms in total. The lowest BCUT2D eigenvalue weighted by atomic mass is 9.99. The van der Waals surface area contributed by atoms with Crippen molar-refractivity contribution in [2.24, 2.45) is 0 Å². The van der Waals surface area contributed by atoms with Crippen molar-refractivity contribution in [1.82, 2.24) is 5.32 Å². The maximum atomic E-state index is 13.3. The Hall–Kier alpha value is -1.20. The molecule has 0 amide bonds. The highest BCUT2D eigenvalue weighted by Crippen LogP contribution is 2.25. The normalized spacial score (nSPS) is 18.1. The van der Waals surface area contributed by atoms with Gasteiger partial charge in [-0.25, -0.2) is 8.78 Å². The van der Waals surface area contributed by atoms with Crippen molar-refractivity contribution in [3.05, 3.63) is 29.8 Å². The summed E-state index contributed by atoms with van der Waals surface area (Å²) in [5.41, 5.74) is -0.469. The molecule has 2 rings (SSSR count). The lowest BCUT2D eigenvalue weighted by molar-refractivity contribution is 0.139. The van der Waals surface area contributed by atoms with Crippen molar-refractivity contribution in [1.29, 1.82) is 0 Å². The topological polar surface area (TPSA) is 41.5 Å². The van der Waals surface area contributed by atoms with Gasteiger partial charge >= 0.3 is 0 Å². The number of aliphatic hydroxyl groups is 1. The van der Waals surface area contributed by atoms with Crippen molar-refractivity contribution in [2.75, 3.05) is 13.2 Å². The number of rotatable bonds is 7. The third-order valence-electron chi connectivity index (χ3n) is 3.30. The van der Waals surface area contributed by atoms with E-state index in [0.29, 0.717) is 12.5 Å². The Bertz CT molecular complexity index is 417. The Labute approximate surface area is 111 Å². The third-order valence-corrected chi connectivity index (χ3v) is 3.30. The summed E-state index contributed by atoms with van der Waals surface area (Å²) in [5.74, 6) is -1.77. The summed E-state index contributed by atoms with van der Waals surface area (Å²) in [4.78, 5) is 0. The van der Waals surface area contributed by atoms with Crippen molar-refractivity contribution in [3.8, 4) is 5.75 Å². The van der Waals surface area contributed by atoms with Crippen LogP contribution in [0, 0.1) is 11.6 Å². The number of hydrogen-bond donors (Lipinski definition) is 2. The van der Waals surface area contributed by atoms with E-state index >= 15 is 0 Å². The first-order valence-corrected chi connectivity index (χ1v) is 6.49. The molecule has 19 heavy (non-hydrogen) atoms. The average Bonchev–Trinajstić information content (AvgIpc) is 3.17. The zero-order valence-corrected chi connectivity index (χ0v) is 11.0. The van der Waals surface area contributed by atoms with Crippen LogP contribution in [-0.4, -0.2) is 29.9 Å².